The molecule has 0 bridgehead atoms. The second kappa shape index (κ2) is 4.20. The molecule has 0 amide bonds. The van der Waals surface area contributed by atoms with Crippen LogP contribution in [0.15, 0.2) is 9.59 Å². The van der Waals surface area contributed by atoms with E-state index in [4.69, 9.17) is 4.74 Å². The summed E-state index contributed by atoms with van der Waals surface area (Å²) in [5.74, 6) is 0. The van der Waals surface area contributed by atoms with Gasteiger partial charge >= 0.3 is 5.69 Å². The van der Waals surface area contributed by atoms with Crippen molar-refractivity contribution in [3.05, 3.63) is 26.4 Å². The van der Waals surface area contributed by atoms with Crippen LogP contribution in [-0.2, 0) is 11.3 Å². The highest BCUT2D eigenvalue weighted by Crippen LogP contribution is 1.85. The summed E-state index contributed by atoms with van der Waals surface area (Å²) >= 11 is 0. The molecule has 0 fully saturated rings. The van der Waals surface area contributed by atoms with Gasteiger partial charge in [0.05, 0.1) is 22.4 Å². The Morgan fingerprint density at radius 3 is 2.62 bits per heavy atom. The van der Waals surface area contributed by atoms with Crippen LogP contribution in [0, 0.1) is 0 Å². The molecule has 0 aliphatic carbocycles. The Bertz CT molecular complexity index is 395. The first-order valence-corrected chi connectivity index (χ1v) is 5.05. The fourth-order valence-corrected chi connectivity index (χ4v) is 1.60. The summed E-state index contributed by atoms with van der Waals surface area (Å²) in [7, 11) is 0.634. The van der Waals surface area contributed by atoms with Crippen LogP contribution in [0.4, 0.5) is 0 Å². The number of aromatic amines is 2. The summed E-state index contributed by atoms with van der Waals surface area (Å²) in [5.41, 5.74) is -0.259. The predicted molar refractivity (Wildman–Crippen MR) is 52.6 cm³/mol. The molecule has 6 heteroatoms. The average molecular weight is 200 g/mol. The zero-order chi connectivity index (χ0) is 9.84. The quantitative estimate of drug-likeness (QED) is 0.534. The van der Waals surface area contributed by atoms with Crippen molar-refractivity contribution < 1.29 is 4.74 Å². The van der Waals surface area contributed by atoms with E-state index < -0.39 is 5.69 Å². The summed E-state index contributed by atoms with van der Waals surface area (Å²) in [6.07, 6.45) is 0. The summed E-state index contributed by atoms with van der Waals surface area (Å²) in [5, 5.41) is 0.696. The molecule has 0 spiro atoms. The minimum absolute atomic E-state index is 0.265. The lowest BCUT2D eigenvalue weighted by atomic mass is 10.3. The highest BCUT2D eigenvalue weighted by Gasteiger charge is 2.04. The van der Waals surface area contributed by atoms with Crippen LogP contribution in [0.25, 0.3) is 0 Å². The third-order valence-electron chi connectivity index (χ3n) is 1.71. The predicted octanol–water partition coefficient (Wildman–Crippen LogP) is -2.41. The van der Waals surface area contributed by atoms with E-state index in [1.807, 2.05) is 6.92 Å². The van der Waals surface area contributed by atoms with Gasteiger partial charge < -0.3 is 9.72 Å². The summed E-state index contributed by atoms with van der Waals surface area (Å²) in [6.45, 7) is 2.67. The molecule has 0 atom stereocenters. The Morgan fingerprint density at radius 2 is 2.08 bits per heavy atom. The van der Waals surface area contributed by atoms with Crippen molar-refractivity contribution in [3.63, 3.8) is 0 Å². The molecule has 1 rings (SSSR count). The lowest BCUT2D eigenvalue weighted by molar-refractivity contribution is 0.133. The molecule has 72 valence electrons. The first-order chi connectivity index (χ1) is 6.15. The van der Waals surface area contributed by atoms with Gasteiger partial charge in [-0.15, -0.1) is 0 Å². The summed E-state index contributed by atoms with van der Waals surface area (Å²) in [4.78, 5) is 26.8. The number of ether oxygens (including phenoxy) is 1. The third kappa shape index (κ3) is 2.40. The molecule has 1 aromatic heterocycles. The number of hydrogen-bond acceptors (Lipinski definition) is 3. The van der Waals surface area contributed by atoms with Gasteiger partial charge in [0.1, 0.15) is 0 Å². The van der Waals surface area contributed by atoms with Gasteiger partial charge in [-0.25, -0.2) is 4.79 Å². The van der Waals surface area contributed by atoms with Crippen molar-refractivity contribution in [2.75, 3.05) is 6.61 Å². The minimum Gasteiger partial charge on any atom is -0.377 e. The van der Waals surface area contributed by atoms with E-state index in [2.05, 4.69) is 9.97 Å². The topological polar surface area (TPSA) is 75.0 Å². The van der Waals surface area contributed by atoms with Crippen LogP contribution in [0.2, 0.25) is 0 Å². The van der Waals surface area contributed by atoms with Crippen molar-refractivity contribution in [2.45, 2.75) is 13.5 Å². The summed E-state index contributed by atoms with van der Waals surface area (Å²) < 4.78 is 5.10. The molecular weight excluding hydrogens is 188 g/mol. The molecule has 0 aliphatic rings. The highest BCUT2D eigenvalue weighted by molar-refractivity contribution is 6.31. The molecule has 0 saturated carbocycles. The van der Waals surface area contributed by atoms with E-state index in [9.17, 15) is 9.59 Å². The van der Waals surface area contributed by atoms with E-state index in [-0.39, 0.29) is 12.2 Å². The van der Waals surface area contributed by atoms with E-state index in [1.165, 1.54) is 0 Å². The molecule has 0 aromatic carbocycles. The van der Waals surface area contributed by atoms with Gasteiger partial charge in [0, 0.05) is 11.9 Å². The molecule has 2 N–H and O–H groups in total. The second-order valence-corrected chi connectivity index (χ2v) is 3.65. The smallest absolute Gasteiger partial charge is 0.325 e. The molecule has 0 saturated heterocycles. The zero-order valence-corrected chi connectivity index (χ0v) is 9.64. The van der Waals surface area contributed by atoms with Crippen molar-refractivity contribution in [3.8, 4) is 0 Å². The Balaban J connectivity index is 3.07. The maximum Gasteiger partial charge on any atom is 0.325 e. The fraction of sp³-hybridized carbons (Fsp3) is 0.429. The Hall–Kier alpha value is -1.14. The van der Waals surface area contributed by atoms with E-state index >= 15 is 0 Å². The van der Waals surface area contributed by atoms with E-state index in [1.54, 1.807) is 0 Å². The lowest BCUT2D eigenvalue weighted by Gasteiger charge is -2.03. The van der Waals surface area contributed by atoms with Crippen LogP contribution in [0.1, 0.15) is 12.5 Å². The van der Waals surface area contributed by atoms with Crippen molar-refractivity contribution in [1.29, 1.82) is 0 Å². The van der Waals surface area contributed by atoms with Crippen LogP contribution in [0.5, 0.6) is 0 Å². The molecule has 5 nitrogen and oxygen atoms in total. The van der Waals surface area contributed by atoms with Crippen LogP contribution in [0.3, 0.4) is 0 Å². The van der Waals surface area contributed by atoms with Gasteiger partial charge in [-0.05, 0) is 6.92 Å². The second-order valence-electron chi connectivity index (χ2n) is 2.65. The normalized spacial score (nSPS) is 10.5. The van der Waals surface area contributed by atoms with Gasteiger partial charge in [0.2, 0.25) is 0 Å². The maximum atomic E-state index is 11.2. The largest absolute Gasteiger partial charge is 0.377 e. The van der Waals surface area contributed by atoms with Gasteiger partial charge in [-0.1, -0.05) is 0 Å². The molecule has 1 heterocycles. The molecular formula is C7H12N2O3Si. The van der Waals surface area contributed by atoms with E-state index in [0.29, 0.717) is 27.7 Å². The number of nitrogens with one attached hydrogen (secondary N) is 2. The summed E-state index contributed by atoms with van der Waals surface area (Å²) in [6, 6.07) is 0. The Morgan fingerprint density at radius 1 is 1.38 bits per heavy atom. The van der Waals surface area contributed by atoms with Crippen LogP contribution >= 0.6 is 0 Å². The molecule has 0 aliphatic heterocycles. The highest BCUT2D eigenvalue weighted by atomic mass is 28.1. The minimum atomic E-state index is -0.449. The fourth-order valence-electron chi connectivity index (χ4n) is 1.00. The van der Waals surface area contributed by atoms with Gasteiger partial charge in [0.15, 0.2) is 0 Å². The standard InChI is InChI=1S/C7H12N2O3Si/c1-2-12-3-4-5(10)8-7(11)9-6(4)13/h2-3H2,1,13H3,(H2,8,9,10,11). The third-order valence-corrected chi connectivity index (χ3v) is 2.56. The first kappa shape index (κ1) is 9.94. The van der Waals surface area contributed by atoms with Gasteiger partial charge in [0.25, 0.3) is 5.56 Å². The SMILES string of the molecule is CCOCc1c([SiH3])[nH]c(=O)[nH]c1=O. The van der Waals surface area contributed by atoms with Crippen molar-refractivity contribution in [2.24, 2.45) is 0 Å². The van der Waals surface area contributed by atoms with Crippen molar-refractivity contribution >= 4 is 15.6 Å². The van der Waals surface area contributed by atoms with Crippen LogP contribution in [-0.4, -0.2) is 26.8 Å². The first-order valence-electron chi connectivity index (χ1n) is 4.05. The Kier molecular flexibility index (Phi) is 3.21. The molecule has 0 unspecified atom stereocenters. The molecule has 1 aromatic rings. The van der Waals surface area contributed by atoms with E-state index in [0.717, 1.165) is 0 Å². The molecule has 13 heavy (non-hydrogen) atoms. The molecule has 0 radical (unpaired) electrons. The zero-order valence-electron chi connectivity index (χ0n) is 7.64. The monoisotopic (exact) mass is 200 g/mol. The van der Waals surface area contributed by atoms with Crippen molar-refractivity contribution in [1.82, 2.24) is 9.97 Å². The average Bonchev–Trinajstić information content (AvgIpc) is 2.02. The Labute approximate surface area is 77.6 Å². The number of hydrogen-bond donors (Lipinski definition) is 2. The number of H-pyrrole nitrogens is 2. The van der Waals surface area contributed by atoms with Gasteiger partial charge in [-0.3, -0.25) is 9.78 Å². The lowest BCUT2D eigenvalue weighted by Crippen LogP contribution is -2.36. The number of rotatable bonds is 3. The van der Waals surface area contributed by atoms with Gasteiger partial charge in [-0.2, -0.15) is 0 Å². The van der Waals surface area contributed by atoms with Crippen LogP contribution < -0.4 is 16.6 Å². The number of aromatic nitrogens is 2. The maximum absolute atomic E-state index is 11.2.